The summed E-state index contributed by atoms with van der Waals surface area (Å²) in [6, 6.07) is 23.9. The molecule has 0 bridgehead atoms. The van der Waals surface area contributed by atoms with E-state index in [0.29, 0.717) is 27.9 Å². The van der Waals surface area contributed by atoms with Crippen molar-refractivity contribution in [1.82, 2.24) is 4.98 Å². The molecule has 0 aliphatic rings. The predicted molar refractivity (Wildman–Crippen MR) is 127 cm³/mol. The highest BCUT2D eigenvalue weighted by Gasteiger charge is 2.23. The molecule has 1 N–H and O–H groups in total. The molecule has 1 aromatic heterocycles. The number of nitrogens with zero attached hydrogens (tertiary/aromatic N) is 1. The van der Waals surface area contributed by atoms with E-state index in [-0.39, 0.29) is 11.3 Å². The number of benzene rings is 4. The van der Waals surface area contributed by atoms with Crippen molar-refractivity contribution in [2.24, 2.45) is 0 Å². The molecule has 1 unspecified atom stereocenters. The van der Waals surface area contributed by atoms with Crippen molar-refractivity contribution in [3.8, 4) is 11.5 Å². The molecule has 5 rings (SSSR count). The van der Waals surface area contributed by atoms with Gasteiger partial charge in [-0.1, -0.05) is 48.5 Å². The number of carbonyl (C=O) groups is 2. The lowest BCUT2D eigenvalue weighted by atomic mass is 9.99. The summed E-state index contributed by atoms with van der Waals surface area (Å²) in [5.74, 6) is -1.54. The normalized spacial score (nSPS) is 11.9. The maximum atomic E-state index is 13.9. The minimum Gasteiger partial charge on any atom is -0.449 e. The molecule has 1 amide bonds. The first-order valence-corrected chi connectivity index (χ1v) is 10.7. The van der Waals surface area contributed by atoms with E-state index in [0.717, 1.165) is 5.39 Å². The van der Waals surface area contributed by atoms with Crippen molar-refractivity contribution < 1.29 is 23.1 Å². The fourth-order valence-corrected chi connectivity index (χ4v) is 3.75. The average Bonchev–Trinajstić information content (AvgIpc) is 3.28. The molecular weight excluding hydrogens is 435 g/mol. The number of oxazole rings is 1. The van der Waals surface area contributed by atoms with Crippen LogP contribution in [0.15, 0.2) is 89.3 Å². The van der Waals surface area contributed by atoms with Gasteiger partial charge in [-0.05, 0) is 48.7 Å². The number of para-hydroxylation sites is 3. The number of amides is 1. The summed E-state index contributed by atoms with van der Waals surface area (Å²) >= 11 is 0. The molecule has 34 heavy (non-hydrogen) atoms. The van der Waals surface area contributed by atoms with Crippen LogP contribution in [0.3, 0.4) is 0 Å². The summed E-state index contributed by atoms with van der Waals surface area (Å²) in [7, 11) is 0. The Bertz CT molecular complexity index is 1500. The standard InChI is InChI=1S/C27H19FN2O4/c1-16(25(31)29-21-13-3-2-12-20(21)28)33-27(32)19-11-7-9-17-8-6-10-18(24(17)19)26-30-22-14-4-5-15-23(22)34-26/h2-16H,1H3,(H,29,31). The van der Waals surface area contributed by atoms with Gasteiger partial charge in [-0.3, -0.25) is 4.79 Å². The maximum Gasteiger partial charge on any atom is 0.339 e. The van der Waals surface area contributed by atoms with Crippen LogP contribution in [-0.4, -0.2) is 23.0 Å². The smallest absolute Gasteiger partial charge is 0.339 e. The van der Waals surface area contributed by atoms with E-state index >= 15 is 0 Å². The van der Waals surface area contributed by atoms with Crippen LogP contribution in [0.25, 0.3) is 33.3 Å². The van der Waals surface area contributed by atoms with E-state index in [9.17, 15) is 14.0 Å². The number of anilines is 1. The molecule has 5 aromatic rings. The number of carbonyl (C=O) groups excluding carboxylic acids is 2. The molecule has 168 valence electrons. The van der Waals surface area contributed by atoms with Gasteiger partial charge in [-0.2, -0.15) is 0 Å². The molecular formula is C27H19FN2O4. The second kappa shape index (κ2) is 8.78. The maximum absolute atomic E-state index is 13.9. The third-order valence-electron chi connectivity index (χ3n) is 5.43. The molecule has 6 nitrogen and oxygen atoms in total. The third kappa shape index (κ3) is 3.99. The van der Waals surface area contributed by atoms with Crippen molar-refractivity contribution in [3.63, 3.8) is 0 Å². The number of aromatic nitrogens is 1. The van der Waals surface area contributed by atoms with Gasteiger partial charge in [0.25, 0.3) is 5.91 Å². The first kappa shape index (κ1) is 21.3. The summed E-state index contributed by atoms with van der Waals surface area (Å²) in [6.07, 6.45) is -1.15. The highest BCUT2D eigenvalue weighted by Crippen LogP contribution is 2.33. The van der Waals surface area contributed by atoms with E-state index in [1.54, 1.807) is 18.2 Å². The number of rotatable bonds is 5. The molecule has 0 fully saturated rings. The van der Waals surface area contributed by atoms with E-state index < -0.39 is 23.8 Å². The molecule has 4 aromatic carbocycles. The van der Waals surface area contributed by atoms with Gasteiger partial charge in [0.1, 0.15) is 11.3 Å². The molecule has 0 saturated heterocycles. The van der Waals surface area contributed by atoms with Crippen molar-refractivity contribution in [2.75, 3.05) is 5.32 Å². The molecule has 1 heterocycles. The Labute approximate surface area is 194 Å². The third-order valence-corrected chi connectivity index (χ3v) is 5.43. The Morgan fingerprint density at radius 3 is 2.47 bits per heavy atom. The first-order chi connectivity index (χ1) is 16.5. The van der Waals surface area contributed by atoms with Gasteiger partial charge in [-0.15, -0.1) is 0 Å². The van der Waals surface area contributed by atoms with Crippen LogP contribution in [0.2, 0.25) is 0 Å². The topological polar surface area (TPSA) is 81.4 Å². The minimum atomic E-state index is -1.15. The number of hydrogen-bond acceptors (Lipinski definition) is 5. The van der Waals surface area contributed by atoms with Crippen molar-refractivity contribution in [1.29, 1.82) is 0 Å². The van der Waals surface area contributed by atoms with E-state index in [1.807, 2.05) is 48.5 Å². The Hall–Kier alpha value is -4.52. The van der Waals surface area contributed by atoms with E-state index in [2.05, 4.69) is 10.3 Å². The number of fused-ring (bicyclic) bond motifs is 2. The Kier molecular flexibility index (Phi) is 5.51. The zero-order valence-corrected chi connectivity index (χ0v) is 18.1. The fraction of sp³-hybridized carbons (Fsp3) is 0.0741. The minimum absolute atomic E-state index is 0.0128. The summed E-state index contributed by atoms with van der Waals surface area (Å²) in [5, 5.41) is 3.83. The van der Waals surface area contributed by atoms with Crippen LogP contribution in [0, 0.1) is 5.82 Å². The van der Waals surface area contributed by atoms with E-state index in [4.69, 9.17) is 9.15 Å². The zero-order chi connectivity index (χ0) is 23.7. The Balaban J connectivity index is 1.47. The van der Waals surface area contributed by atoms with Crippen molar-refractivity contribution >= 4 is 39.4 Å². The monoisotopic (exact) mass is 454 g/mol. The van der Waals surface area contributed by atoms with Crippen LogP contribution < -0.4 is 5.32 Å². The lowest BCUT2D eigenvalue weighted by Gasteiger charge is -2.15. The van der Waals surface area contributed by atoms with Gasteiger partial charge >= 0.3 is 5.97 Å². The van der Waals surface area contributed by atoms with Crippen LogP contribution in [-0.2, 0) is 9.53 Å². The summed E-state index contributed by atoms with van der Waals surface area (Å²) < 4.78 is 25.2. The summed E-state index contributed by atoms with van der Waals surface area (Å²) in [5.41, 5.74) is 2.24. The van der Waals surface area contributed by atoms with Crippen molar-refractivity contribution in [3.05, 3.63) is 96.3 Å². The fourth-order valence-electron chi connectivity index (χ4n) is 3.75. The highest BCUT2D eigenvalue weighted by molar-refractivity contribution is 6.10. The van der Waals surface area contributed by atoms with Crippen LogP contribution in [0.4, 0.5) is 10.1 Å². The molecule has 0 aliphatic heterocycles. The van der Waals surface area contributed by atoms with Crippen molar-refractivity contribution in [2.45, 2.75) is 13.0 Å². The molecule has 0 aliphatic carbocycles. The Morgan fingerprint density at radius 1 is 0.941 bits per heavy atom. The number of esters is 1. The first-order valence-electron chi connectivity index (χ1n) is 10.7. The van der Waals surface area contributed by atoms with Gasteiger partial charge in [0.05, 0.1) is 11.3 Å². The average molecular weight is 454 g/mol. The van der Waals surface area contributed by atoms with Gasteiger partial charge in [0, 0.05) is 10.9 Å². The van der Waals surface area contributed by atoms with Crippen LogP contribution in [0.1, 0.15) is 17.3 Å². The van der Waals surface area contributed by atoms with Gasteiger partial charge in [0.15, 0.2) is 11.7 Å². The largest absolute Gasteiger partial charge is 0.449 e. The Morgan fingerprint density at radius 2 is 1.68 bits per heavy atom. The van der Waals surface area contributed by atoms with Gasteiger partial charge < -0.3 is 14.5 Å². The molecule has 0 spiro atoms. The summed E-state index contributed by atoms with van der Waals surface area (Å²) in [4.78, 5) is 30.2. The zero-order valence-electron chi connectivity index (χ0n) is 18.1. The molecule has 0 radical (unpaired) electrons. The summed E-state index contributed by atoms with van der Waals surface area (Å²) in [6.45, 7) is 1.43. The highest BCUT2D eigenvalue weighted by atomic mass is 19.1. The number of hydrogen-bond donors (Lipinski definition) is 1. The number of halogens is 1. The quantitative estimate of drug-likeness (QED) is 0.331. The van der Waals surface area contributed by atoms with Crippen LogP contribution >= 0.6 is 0 Å². The molecule has 1 atom stereocenters. The molecule has 0 saturated carbocycles. The van der Waals surface area contributed by atoms with Gasteiger partial charge in [-0.25, -0.2) is 14.2 Å². The number of ether oxygens (including phenoxy) is 1. The second-order valence-corrected chi connectivity index (χ2v) is 7.71. The van der Waals surface area contributed by atoms with Crippen LogP contribution in [0.5, 0.6) is 0 Å². The predicted octanol–water partition coefficient (Wildman–Crippen LogP) is 5.97. The second-order valence-electron chi connectivity index (χ2n) is 7.71. The lowest BCUT2D eigenvalue weighted by Crippen LogP contribution is -2.30. The van der Waals surface area contributed by atoms with E-state index in [1.165, 1.54) is 25.1 Å². The lowest BCUT2D eigenvalue weighted by molar-refractivity contribution is -0.123. The van der Waals surface area contributed by atoms with Gasteiger partial charge in [0.2, 0.25) is 5.89 Å². The number of nitrogens with one attached hydrogen (secondary N) is 1. The SMILES string of the molecule is CC(OC(=O)c1cccc2cccc(-c3nc4ccccc4o3)c12)C(=O)Nc1ccccc1F. The molecule has 7 heteroatoms.